The lowest BCUT2D eigenvalue weighted by Gasteiger charge is -2.17. The SMILES string of the molecule is OC(O)C[C@H]1CCCC1/C=C/CCCc1ccccc1. The average Bonchev–Trinajstić information content (AvgIpc) is 2.86. The van der Waals surface area contributed by atoms with Crippen LogP contribution >= 0.6 is 0 Å². The van der Waals surface area contributed by atoms with Crippen molar-refractivity contribution in [1.29, 1.82) is 0 Å². The van der Waals surface area contributed by atoms with Crippen molar-refractivity contribution in [2.45, 2.75) is 51.2 Å². The molecular weight excluding hydrogens is 248 g/mol. The van der Waals surface area contributed by atoms with Crippen LogP contribution in [-0.4, -0.2) is 16.5 Å². The molecule has 1 aromatic rings. The molecule has 0 spiro atoms. The summed E-state index contributed by atoms with van der Waals surface area (Å²) in [6, 6.07) is 10.6. The van der Waals surface area contributed by atoms with E-state index in [9.17, 15) is 0 Å². The molecule has 1 aromatic carbocycles. The zero-order valence-corrected chi connectivity index (χ0v) is 12.1. The number of aliphatic hydroxyl groups excluding tert-OH is 1. The summed E-state index contributed by atoms with van der Waals surface area (Å²) in [5.41, 5.74) is 1.41. The third kappa shape index (κ3) is 5.10. The molecule has 1 unspecified atom stereocenters. The highest BCUT2D eigenvalue weighted by molar-refractivity contribution is 5.14. The highest BCUT2D eigenvalue weighted by Gasteiger charge is 2.26. The fourth-order valence-electron chi connectivity index (χ4n) is 3.22. The summed E-state index contributed by atoms with van der Waals surface area (Å²) < 4.78 is 0. The van der Waals surface area contributed by atoms with Crippen molar-refractivity contribution >= 4 is 0 Å². The van der Waals surface area contributed by atoms with Gasteiger partial charge >= 0.3 is 0 Å². The Hall–Kier alpha value is -1.12. The Morgan fingerprint density at radius 1 is 1.15 bits per heavy atom. The van der Waals surface area contributed by atoms with Crippen LogP contribution < -0.4 is 0 Å². The molecule has 0 bridgehead atoms. The maximum absolute atomic E-state index is 9.10. The van der Waals surface area contributed by atoms with Crippen molar-refractivity contribution in [1.82, 2.24) is 0 Å². The van der Waals surface area contributed by atoms with E-state index in [1.54, 1.807) is 0 Å². The number of aryl methyl sites for hydroxylation is 1. The molecule has 20 heavy (non-hydrogen) atoms. The molecule has 0 radical (unpaired) electrons. The van der Waals surface area contributed by atoms with Crippen molar-refractivity contribution in [3.8, 4) is 0 Å². The molecule has 1 saturated carbocycles. The standard InChI is InChI=1S/C18H26O2/c19-18(20)14-17-13-7-12-16(17)11-6-2-5-10-15-8-3-1-4-9-15/h1,3-4,6,8-9,11,16-20H,2,5,7,10,12-14H2/b11-6+/t16?,17-/m1/s1. The summed E-state index contributed by atoms with van der Waals surface area (Å²) in [6.45, 7) is 0. The molecule has 1 aliphatic rings. The van der Waals surface area contributed by atoms with Crippen molar-refractivity contribution in [3.63, 3.8) is 0 Å². The zero-order chi connectivity index (χ0) is 14.2. The topological polar surface area (TPSA) is 40.5 Å². The Labute approximate surface area is 122 Å². The predicted molar refractivity (Wildman–Crippen MR) is 82.2 cm³/mol. The number of aliphatic hydroxyl groups is 2. The van der Waals surface area contributed by atoms with Gasteiger partial charge < -0.3 is 10.2 Å². The number of benzene rings is 1. The fraction of sp³-hybridized carbons (Fsp3) is 0.556. The summed E-state index contributed by atoms with van der Waals surface area (Å²) in [6.07, 6.45) is 11.0. The molecule has 2 atom stereocenters. The first-order valence-electron chi connectivity index (χ1n) is 7.82. The van der Waals surface area contributed by atoms with Crippen LogP contribution in [0.5, 0.6) is 0 Å². The summed E-state index contributed by atoms with van der Waals surface area (Å²) in [5, 5.41) is 18.2. The molecule has 110 valence electrons. The quantitative estimate of drug-likeness (QED) is 0.452. The number of hydrogen-bond acceptors (Lipinski definition) is 2. The Morgan fingerprint density at radius 2 is 1.95 bits per heavy atom. The Bertz CT molecular complexity index is 397. The molecule has 2 rings (SSSR count). The van der Waals surface area contributed by atoms with Crippen LogP contribution in [0.25, 0.3) is 0 Å². The molecule has 2 N–H and O–H groups in total. The van der Waals surface area contributed by atoms with Gasteiger partial charge in [-0.05, 0) is 49.5 Å². The van der Waals surface area contributed by atoms with E-state index in [4.69, 9.17) is 10.2 Å². The summed E-state index contributed by atoms with van der Waals surface area (Å²) in [7, 11) is 0. The van der Waals surface area contributed by atoms with Crippen LogP contribution in [0.15, 0.2) is 42.5 Å². The van der Waals surface area contributed by atoms with Crippen LogP contribution in [-0.2, 0) is 6.42 Å². The van der Waals surface area contributed by atoms with Gasteiger partial charge in [0.05, 0.1) is 0 Å². The summed E-state index contributed by atoms with van der Waals surface area (Å²) in [5.74, 6) is 1.01. The molecule has 1 aliphatic carbocycles. The van der Waals surface area contributed by atoms with E-state index in [1.807, 2.05) is 0 Å². The lowest BCUT2D eigenvalue weighted by Crippen LogP contribution is -2.15. The minimum Gasteiger partial charge on any atom is -0.368 e. The van der Waals surface area contributed by atoms with Crippen molar-refractivity contribution in [3.05, 3.63) is 48.0 Å². The third-order valence-corrected chi connectivity index (χ3v) is 4.29. The number of unbranched alkanes of at least 4 members (excludes halogenated alkanes) is 1. The highest BCUT2D eigenvalue weighted by Crippen LogP contribution is 2.35. The molecule has 2 heteroatoms. The smallest absolute Gasteiger partial charge is 0.151 e. The minimum atomic E-state index is -1.15. The van der Waals surface area contributed by atoms with Crippen LogP contribution in [0.4, 0.5) is 0 Å². The average molecular weight is 274 g/mol. The Balaban J connectivity index is 1.68. The number of rotatable bonds is 7. The second kappa shape index (κ2) is 8.23. The zero-order valence-electron chi connectivity index (χ0n) is 12.1. The molecule has 0 saturated heterocycles. The van der Waals surface area contributed by atoms with Gasteiger partial charge in [0.1, 0.15) is 0 Å². The first-order chi connectivity index (χ1) is 9.75. The van der Waals surface area contributed by atoms with Crippen LogP contribution in [0.3, 0.4) is 0 Å². The predicted octanol–water partition coefficient (Wildman–Crippen LogP) is 3.68. The number of hydrogen-bond donors (Lipinski definition) is 2. The van der Waals surface area contributed by atoms with Gasteiger partial charge in [-0.1, -0.05) is 48.9 Å². The van der Waals surface area contributed by atoms with E-state index in [0.29, 0.717) is 18.3 Å². The van der Waals surface area contributed by atoms with Crippen LogP contribution in [0.1, 0.15) is 44.1 Å². The van der Waals surface area contributed by atoms with E-state index < -0.39 is 6.29 Å². The molecule has 0 heterocycles. The highest BCUT2D eigenvalue weighted by atomic mass is 16.5. The van der Waals surface area contributed by atoms with Crippen molar-refractivity contribution in [2.24, 2.45) is 11.8 Å². The maximum Gasteiger partial charge on any atom is 0.151 e. The van der Waals surface area contributed by atoms with Gasteiger partial charge in [0, 0.05) is 6.42 Å². The van der Waals surface area contributed by atoms with Crippen LogP contribution in [0, 0.1) is 11.8 Å². The first-order valence-corrected chi connectivity index (χ1v) is 7.82. The Kier molecular flexibility index (Phi) is 6.28. The van der Waals surface area contributed by atoms with Gasteiger partial charge in [0.2, 0.25) is 0 Å². The lowest BCUT2D eigenvalue weighted by atomic mass is 9.92. The van der Waals surface area contributed by atoms with E-state index in [-0.39, 0.29) is 0 Å². The van der Waals surface area contributed by atoms with E-state index in [1.165, 1.54) is 24.8 Å². The molecule has 1 fully saturated rings. The van der Waals surface area contributed by atoms with E-state index >= 15 is 0 Å². The molecule has 0 aromatic heterocycles. The van der Waals surface area contributed by atoms with Gasteiger partial charge in [-0.3, -0.25) is 0 Å². The molecular formula is C18H26O2. The number of allylic oxidation sites excluding steroid dienone is 2. The van der Waals surface area contributed by atoms with Gasteiger partial charge in [-0.2, -0.15) is 0 Å². The third-order valence-electron chi connectivity index (χ3n) is 4.29. The summed E-state index contributed by atoms with van der Waals surface area (Å²) >= 11 is 0. The molecule has 0 aliphatic heterocycles. The van der Waals surface area contributed by atoms with Crippen LogP contribution in [0.2, 0.25) is 0 Å². The van der Waals surface area contributed by atoms with E-state index in [2.05, 4.69) is 42.5 Å². The first kappa shape index (κ1) is 15.3. The van der Waals surface area contributed by atoms with Gasteiger partial charge in [-0.15, -0.1) is 0 Å². The minimum absolute atomic E-state index is 0.459. The largest absolute Gasteiger partial charge is 0.368 e. The van der Waals surface area contributed by atoms with E-state index in [0.717, 1.165) is 19.3 Å². The van der Waals surface area contributed by atoms with Crippen molar-refractivity contribution < 1.29 is 10.2 Å². The lowest BCUT2D eigenvalue weighted by molar-refractivity contribution is -0.0576. The van der Waals surface area contributed by atoms with Gasteiger partial charge in [0.25, 0.3) is 0 Å². The Morgan fingerprint density at radius 3 is 2.70 bits per heavy atom. The fourth-order valence-corrected chi connectivity index (χ4v) is 3.22. The van der Waals surface area contributed by atoms with Crippen molar-refractivity contribution in [2.75, 3.05) is 0 Å². The normalized spacial score (nSPS) is 22.9. The molecule has 2 nitrogen and oxygen atoms in total. The molecule has 0 amide bonds. The van der Waals surface area contributed by atoms with Gasteiger partial charge in [0.15, 0.2) is 6.29 Å². The van der Waals surface area contributed by atoms with Gasteiger partial charge in [-0.25, -0.2) is 0 Å². The maximum atomic E-state index is 9.10. The second-order valence-electron chi connectivity index (χ2n) is 5.88. The second-order valence-corrected chi connectivity index (χ2v) is 5.88. The monoisotopic (exact) mass is 274 g/mol. The summed E-state index contributed by atoms with van der Waals surface area (Å²) in [4.78, 5) is 0.